The van der Waals surface area contributed by atoms with E-state index in [0.717, 1.165) is 18.6 Å². The second-order valence-corrected chi connectivity index (χ2v) is 9.21. The summed E-state index contributed by atoms with van der Waals surface area (Å²) in [5.74, 6) is -0.0392. The van der Waals surface area contributed by atoms with Crippen molar-refractivity contribution in [2.24, 2.45) is 15.7 Å². The van der Waals surface area contributed by atoms with Crippen LogP contribution in [0.1, 0.15) is 46.5 Å². The van der Waals surface area contributed by atoms with E-state index in [9.17, 15) is 14.5 Å². The molecule has 1 heterocycles. The number of aliphatic hydroxyl groups excluding tert-OH is 1. The molecule has 1 saturated carbocycles. The zero-order chi connectivity index (χ0) is 16.5. The molecule has 1 unspecified atom stereocenters. The fourth-order valence-electron chi connectivity index (χ4n) is 3.36. The Bertz CT molecular complexity index is 453. The fraction of sp³-hybridized carbons (Fsp3) is 0.867. The molecule has 1 spiro atoms. The number of hydrogen-bond acceptors (Lipinski definition) is 4. The summed E-state index contributed by atoms with van der Waals surface area (Å²) in [4.78, 5) is 12.5. The molecule has 1 saturated heterocycles. The largest absolute Gasteiger partial charge is 0.591 e. The summed E-state index contributed by atoms with van der Waals surface area (Å²) in [6, 6.07) is 0. The molecule has 2 atom stereocenters. The molecule has 0 aromatic rings. The zero-order valence-corrected chi connectivity index (χ0v) is 14.4. The Morgan fingerprint density at radius 2 is 2.00 bits per heavy atom. The first-order chi connectivity index (χ1) is 10.2. The highest BCUT2D eigenvalue weighted by molar-refractivity contribution is 7.91. The maximum atomic E-state index is 12.4. The van der Waals surface area contributed by atoms with Gasteiger partial charge in [0.25, 0.3) is 0 Å². The molecule has 22 heavy (non-hydrogen) atoms. The molecule has 0 radical (unpaired) electrons. The normalized spacial score (nSPS) is 28.3. The van der Waals surface area contributed by atoms with Gasteiger partial charge in [0.1, 0.15) is 16.1 Å². The van der Waals surface area contributed by atoms with Gasteiger partial charge < -0.3 is 19.7 Å². The van der Waals surface area contributed by atoms with Gasteiger partial charge in [0, 0.05) is 24.4 Å². The molecule has 2 N–H and O–H groups in total. The number of aliphatic hydroxyl groups is 1. The van der Waals surface area contributed by atoms with E-state index < -0.39 is 22.2 Å². The van der Waals surface area contributed by atoms with E-state index in [4.69, 9.17) is 5.11 Å². The van der Waals surface area contributed by atoms with Crippen LogP contribution in [0.3, 0.4) is 0 Å². The minimum absolute atomic E-state index is 0.0184. The van der Waals surface area contributed by atoms with Crippen molar-refractivity contribution < 1.29 is 19.6 Å². The monoisotopic (exact) mass is 330 g/mol. The SMILES string of the molecule is CC(C)(C)[S@@+]([O-])N=C1C(CO)CCC12CCN(C(=O)O)CC2. The molecule has 0 aromatic heterocycles. The Morgan fingerprint density at radius 1 is 1.41 bits per heavy atom. The van der Waals surface area contributed by atoms with Gasteiger partial charge in [0.2, 0.25) is 0 Å². The number of likely N-dealkylation sites (tertiary alicyclic amines) is 1. The van der Waals surface area contributed by atoms with Gasteiger partial charge in [-0.05, 0) is 46.5 Å². The minimum Gasteiger partial charge on any atom is -0.591 e. The summed E-state index contributed by atoms with van der Waals surface area (Å²) in [5, 5.41) is 18.7. The van der Waals surface area contributed by atoms with E-state index in [2.05, 4.69) is 4.40 Å². The standard InChI is InChI=1S/C15H26N2O4S/c1-14(2,3)22(21)16-12-11(10-18)4-5-15(12)6-8-17(9-7-15)13(19)20/h11,18H,4-10H2,1-3H3,(H,19,20)/t11?,22-/m1/s1. The predicted molar refractivity (Wildman–Crippen MR) is 86.4 cm³/mol. The predicted octanol–water partition coefficient (Wildman–Crippen LogP) is 2.05. The second kappa shape index (κ2) is 6.37. The van der Waals surface area contributed by atoms with Crippen LogP contribution in [0, 0.1) is 11.3 Å². The Kier molecular flexibility index (Phi) is 5.09. The molecule has 7 heteroatoms. The number of nitrogens with zero attached hydrogens (tertiary/aromatic N) is 2. The topological polar surface area (TPSA) is 96.2 Å². The molecule has 2 rings (SSSR count). The molecule has 2 fully saturated rings. The van der Waals surface area contributed by atoms with Gasteiger partial charge in [-0.1, -0.05) is 4.40 Å². The number of carbonyl (C=O) groups is 1. The maximum absolute atomic E-state index is 12.4. The highest BCUT2D eigenvalue weighted by Crippen LogP contribution is 2.47. The maximum Gasteiger partial charge on any atom is 0.407 e. The van der Waals surface area contributed by atoms with E-state index >= 15 is 0 Å². The molecule has 1 aliphatic carbocycles. The molecule has 126 valence electrons. The summed E-state index contributed by atoms with van der Waals surface area (Å²) in [6.07, 6.45) is 2.25. The lowest BCUT2D eigenvalue weighted by Gasteiger charge is -2.38. The Balaban J connectivity index is 2.23. The van der Waals surface area contributed by atoms with Crippen molar-refractivity contribution in [1.29, 1.82) is 0 Å². The van der Waals surface area contributed by atoms with E-state index in [1.807, 2.05) is 20.8 Å². The van der Waals surface area contributed by atoms with Gasteiger partial charge in [-0.25, -0.2) is 4.79 Å². The minimum atomic E-state index is -1.35. The summed E-state index contributed by atoms with van der Waals surface area (Å²) >= 11 is -1.35. The highest BCUT2D eigenvalue weighted by Gasteiger charge is 2.49. The molecule has 1 aliphatic heterocycles. The van der Waals surface area contributed by atoms with Crippen LogP contribution in [0.25, 0.3) is 0 Å². The molecule has 1 amide bonds. The van der Waals surface area contributed by atoms with Gasteiger partial charge in [-0.3, -0.25) is 0 Å². The van der Waals surface area contributed by atoms with Crippen molar-refractivity contribution in [1.82, 2.24) is 4.90 Å². The first kappa shape index (κ1) is 17.6. The molecule has 2 aliphatic rings. The lowest BCUT2D eigenvalue weighted by molar-refractivity contribution is 0.113. The zero-order valence-electron chi connectivity index (χ0n) is 13.5. The number of hydrogen-bond donors (Lipinski definition) is 2. The quantitative estimate of drug-likeness (QED) is 0.757. The molecule has 0 aromatic carbocycles. The van der Waals surface area contributed by atoms with Crippen LogP contribution >= 0.6 is 0 Å². The fourth-order valence-corrected chi connectivity index (χ4v) is 4.15. The summed E-state index contributed by atoms with van der Waals surface area (Å²) in [7, 11) is 0. The third-order valence-electron chi connectivity index (χ3n) is 4.82. The van der Waals surface area contributed by atoms with Gasteiger partial charge in [0.15, 0.2) is 0 Å². The van der Waals surface area contributed by atoms with Gasteiger partial charge in [0.05, 0.1) is 12.3 Å². The average Bonchev–Trinajstić information content (AvgIpc) is 2.76. The number of rotatable bonds is 2. The van der Waals surface area contributed by atoms with Crippen LogP contribution in [0.5, 0.6) is 0 Å². The Morgan fingerprint density at radius 3 is 2.45 bits per heavy atom. The Labute approximate surface area is 134 Å². The molecule has 6 nitrogen and oxygen atoms in total. The van der Waals surface area contributed by atoms with Crippen molar-refractivity contribution in [3.8, 4) is 0 Å². The van der Waals surface area contributed by atoms with Crippen molar-refractivity contribution >= 4 is 23.2 Å². The van der Waals surface area contributed by atoms with Gasteiger partial charge in [-0.2, -0.15) is 0 Å². The first-order valence-electron chi connectivity index (χ1n) is 7.79. The summed E-state index contributed by atoms with van der Waals surface area (Å²) < 4.78 is 16.5. The number of amides is 1. The van der Waals surface area contributed by atoms with Crippen LogP contribution in [0.4, 0.5) is 4.79 Å². The smallest absolute Gasteiger partial charge is 0.407 e. The lowest BCUT2D eigenvalue weighted by atomic mass is 9.75. The molecular weight excluding hydrogens is 304 g/mol. The third kappa shape index (κ3) is 3.41. The van der Waals surface area contributed by atoms with E-state index in [1.165, 1.54) is 4.90 Å². The van der Waals surface area contributed by atoms with Gasteiger partial charge in [-0.15, -0.1) is 0 Å². The summed E-state index contributed by atoms with van der Waals surface area (Å²) in [5.41, 5.74) is 0.675. The van der Waals surface area contributed by atoms with Crippen LogP contribution in [-0.4, -0.2) is 55.9 Å². The average molecular weight is 330 g/mol. The lowest BCUT2D eigenvalue weighted by Crippen LogP contribution is -2.45. The first-order valence-corrected chi connectivity index (χ1v) is 8.90. The van der Waals surface area contributed by atoms with Crippen molar-refractivity contribution in [3.63, 3.8) is 0 Å². The molecule has 0 bridgehead atoms. The number of piperidine rings is 1. The van der Waals surface area contributed by atoms with Crippen molar-refractivity contribution in [2.75, 3.05) is 19.7 Å². The van der Waals surface area contributed by atoms with Crippen LogP contribution in [0.15, 0.2) is 4.40 Å². The van der Waals surface area contributed by atoms with E-state index in [1.54, 1.807) is 0 Å². The highest BCUT2D eigenvalue weighted by atomic mass is 32.2. The van der Waals surface area contributed by atoms with Crippen molar-refractivity contribution in [2.45, 2.75) is 51.2 Å². The van der Waals surface area contributed by atoms with E-state index in [-0.39, 0.29) is 17.9 Å². The molecular formula is C15H26N2O4S. The van der Waals surface area contributed by atoms with Gasteiger partial charge >= 0.3 is 6.09 Å². The van der Waals surface area contributed by atoms with Crippen LogP contribution in [0.2, 0.25) is 0 Å². The van der Waals surface area contributed by atoms with Crippen molar-refractivity contribution in [3.05, 3.63) is 0 Å². The summed E-state index contributed by atoms with van der Waals surface area (Å²) in [6.45, 7) is 6.63. The third-order valence-corrected chi connectivity index (χ3v) is 6.23. The second-order valence-electron chi connectivity index (χ2n) is 7.31. The number of carboxylic acid groups (broad SMARTS) is 1. The van der Waals surface area contributed by atoms with Crippen LogP contribution < -0.4 is 0 Å². The Hall–Kier alpha value is -0.790. The van der Waals surface area contributed by atoms with Crippen LogP contribution in [-0.2, 0) is 11.4 Å². The van der Waals surface area contributed by atoms with E-state index in [0.29, 0.717) is 25.9 Å².